The highest BCUT2D eigenvalue weighted by Gasteiger charge is 2.12. The van der Waals surface area contributed by atoms with Crippen LogP contribution in [0.25, 0.3) is 0 Å². The molecule has 1 aromatic heterocycles. The van der Waals surface area contributed by atoms with E-state index in [1.807, 2.05) is 25.6 Å². The fourth-order valence-electron chi connectivity index (χ4n) is 2.09. The highest BCUT2D eigenvalue weighted by molar-refractivity contribution is 9.10. The molecular weight excluding hydrogens is 320 g/mol. The Kier molecular flexibility index (Phi) is 4.13. The Morgan fingerprint density at radius 2 is 2.10 bits per heavy atom. The standard InChI is InChI=1S/C14H17BrN4O/c1-8-13(9(2)19(3)18-8)7-17-14(20)10-4-11(15)6-12(16)5-10/h4-6H,7,16H2,1-3H3,(H,17,20). The molecule has 1 amide bonds. The van der Waals surface area contributed by atoms with E-state index in [2.05, 4.69) is 26.3 Å². The van der Waals surface area contributed by atoms with Crippen molar-refractivity contribution in [3.63, 3.8) is 0 Å². The van der Waals surface area contributed by atoms with Crippen molar-refractivity contribution < 1.29 is 4.79 Å². The molecule has 20 heavy (non-hydrogen) atoms. The van der Waals surface area contributed by atoms with Crippen LogP contribution in [0.1, 0.15) is 27.3 Å². The predicted octanol–water partition coefficient (Wildman–Crippen LogP) is 2.31. The number of carbonyl (C=O) groups is 1. The number of benzene rings is 1. The number of anilines is 1. The lowest BCUT2D eigenvalue weighted by Crippen LogP contribution is -2.23. The molecule has 0 fully saturated rings. The molecule has 0 radical (unpaired) electrons. The molecule has 1 aromatic carbocycles. The molecule has 0 atom stereocenters. The van der Waals surface area contributed by atoms with Gasteiger partial charge in [-0.15, -0.1) is 0 Å². The number of amides is 1. The molecule has 1 heterocycles. The maximum Gasteiger partial charge on any atom is 0.251 e. The number of aromatic nitrogens is 2. The SMILES string of the molecule is Cc1nn(C)c(C)c1CNC(=O)c1cc(N)cc(Br)c1. The summed E-state index contributed by atoms with van der Waals surface area (Å²) in [5.41, 5.74) is 9.85. The van der Waals surface area contributed by atoms with Gasteiger partial charge >= 0.3 is 0 Å². The van der Waals surface area contributed by atoms with Crippen molar-refractivity contribution in [3.8, 4) is 0 Å². The molecule has 0 bridgehead atoms. The van der Waals surface area contributed by atoms with Crippen LogP contribution in [0.3, 0.4) is 0 Å². The Morgan fingerprint density at radius 3 is 2.65 bits per heavy atom. The van der Waals surface area contributed by atoms with Gasteiger partial charge in [-0.05, 0) is 32.0 Å². The summed E-state index contributed by atoms with van der Waals surface area (Å²) in [6.07, 6.45) is 0. The minimum atomic E-state index is -0.152. The van der Waals surface area contributed by atoms with E-state index in [1.165, 1.54) is 0 Å². The first-order valence-corrected chi connectivity index (χ1v) is 7.01. The lowest BCUT2D eigenvalue weighted by atomic mass is 10.1. The van der Waals surface area contributed by atoms with E-state index in [1.54, 1.807) is 18.2 Å². The monoisotopic (exact) mass is 336 g/mol. The van der Waals surface area contributed by atoms with Gasteiger partial charge in [0.15, 0.2) is 0 Å². The van der Waals surface area contributed by atoms with Gasteiger partial charge in [0.05, 0.1) is 5.69 Å². The van der Waals surface area contributed by atoms with Crippen molar-refractivity contribution >= 4 is 27.5 Å². The molecule has 0 saturated carbocycles. The van der Waals surface area contributed by atoms with Crippen molar-refractivity contribution in [2.45, 2.75) is 20.4 Å². The number of nitrogens with one attached hydrogen (secondary N) is 1. The van der Waals surface area contributed by atoms with Gasteiger partial charge in [0.2, 0.25) is 0 Å². The summed E-state index contributed by atoms with van der Waals surface area (Å²) < 4.78 is 2.60. The van der Waals surface area contributed by atoms with Gasteiger partial charge in [-0.25, -0.2) is 0 Å². The van der Waals surface area contributed by atoms with E-state index >= 15 is 0 Å². The van der Waals surface area contributed by atoms with Crippen LogP contribution in [0.5, 0.6) is 0 Å². The van der Waals surface area contributed by atoms with E-state index in [0.717, 1.165) is 21.4 Å². The number of hydrogen-bond acceptors (Lipinski definition) is 3. The van der Waals surface area contributed by atoms with Crippen LogP contribution in [-0.4, -0.2) is 15.7 Å². The molecule has 0 unspecified atom stereocenters. The number of nitrogens with two attached hydrogens (primary N) is 1. The Bertz CT molecular complexity index is 643. The minimum absolute atomic E-state index is 0.152. The van der Waals surface area contributed by atoms with Crippen LogP contribution in [-0.2, 0) is 13.6 Å². The molecule has 2 rings (SSSR count). The number of aryl methyl sites for hydroxylation is 2. The van der Waals surface area contributed by atoms with Crippen molar-refractivity contribution in [2.24, 2.45) is 7.05 Å². The van der Waals surface area contributed by atoms with E-state index in [0.29, 0.717) is 17.8 Å². The summed E-state index contributed by atoms with van der Waals surface area (Å²) in [4.78, 5) is 12.1. The van der Waals surface area contributed by atoms with Crippen LogP contribution in [0.2, 0.25) is 0 Å². The summed E-state index contributed by atoms with van der Waals surface area (Å²) in [7, 11) is 1.89. The van der Waals surface area contributed by atoms with Crippen molar-refractivity contribution in [1.82, 2.24) is 15.1 Å². The van der Waals surface area contributed by atoms with Gasteiger partial charge in [-0.3, -0.25) is 9.48 Å². The first-order chi connectivity index (χ1) is 9.38. The molecule has 0 aliphatic heterocycles. The number of nitrogen functional groups attached to an aromatic ring is 1. The summed E-state index contributed by atoms with van der Waals surface area (Å²) in [5, 5.41) is 7.22. The van der Waals surface area contributed by atoms with Gasteiger partial charge in [0, 0.05) is 40.6 Å². The molecular formula is C14H17BrN4O. The number of rotatable bonds is 3. The highest BCUT2D eigenvalue weighted by atomic mass is 79.9. The molecule has 0 saturated heterocycles. The zero-order valence-corrected chi connectivity index (χ0v) is 13.3. The maximum atomic E-state index is 12.1. The average molecular weight is 337 g/mol. The first kappa shape index (κ1) is 14.6. The molecule has 3 N–H and O–H groups in total. The lowest BCUT2D eigenvalue weighted by Gasteiger charge is -2.07. The van der Waals surface area contributed by atoms with E-state index in [4.69, 9.17) is 5.73 Å². The fraction of sp³-hybridized carbons (Fsp3) is 0.286. The van der Waals surface area contributed by atoms with Crippen LogP contribution in [0, 0.1) is 13.8 Å². The van der Waals surface area contributed by atoms with Crippen molar-refractivity contribution in [3.05, 3.63) is 45.2 Å². The van der Waals surface area contributed by atoms with Crippen LogP contribution < -0.4 is 11.1 Å². The second-order valence-electron chi connectivity index (χ2n) is 4.73. The van der Waals surface area contributed by atoms with Gasteiger partial charge in [-0.1, -0.05) is 15.9 Å². The number of carbonyl (C=O) groups excluding carboxylic acids is 1. The largest absolute Gasteiger partial charge is 0.399 e. The maximum absolute atomic E-state index is 12.1. The third-order valence-corrected chi connectivity index (χ3v) is 3.72. The van der Waals surface area contributed by atoms with Crippen LogP contribution >= 0.6 is 15.9 Å². The van der Waals surface area contributed by atoms with Crippen molar-refractivity contribution in [1.29, 1.82) is 0 Å². The molecule has 5 nitrogen and oxygen atoms in total. The van der Waals surface area contributed by atoms with Gasteiger partial charge in [0.25, 0.3) is 5.91 Å². The predicted molar refractivity (Wildman–Crippen MR) is 82.4 cm³/mol. The summed E-state index contributed by atoms with van der Waals surface area (Å²) in [5.74, 6) is -0.152. The molecule has 2 aromatic rings. The topological polar surface area (TPSA) is 72.9 Å². The zero-order chi connectivity index (χ0) is 14.9. The minimum Gasteiger partial charge on any atom is -0.399 e. The Morgan fingerprint density at radius 1 is 1.40 bits per heavy atom. The molecule has 6 heteroatoms. The normalized spacial score (nSPS) is 10.6. The summed E-state index contributed by atoms with van der Waals surface area (Å²) >= 11 is 3.33. The smallest absolute Gasteiger partial charge is 0.251 e. The first-order valence-electron chi connectivity index (χ1n) is 6.22. The lowest BCUT2D eigenvalue weighted by molar-refractivity contribution is 0.0951. The van der Waals surface area contributed by atoms with Crippen molar-refractivity contribution in [2.75, 3.05) is 5.73 Å². The Labute approximate surface area is 126 Å². The number of nitrogens with zero attached hydrogens (tertiary/aromatic N) is 2. The molecule has 0 aliphatic carbocycles. The average Bonchev–Trinajstić information content (AvgIpc) is 2.60. The molecule has 0 spiro atoms. The van der Waals surface area contributed by atoms with Gasteiger partial charge < -0.3 is 11.1 Å². The zero-order valence-electron chi connectivity index (χ0n) is 11.7. The highest BCUT2D eigenvalue weighted by Crippen LogP contribution is 2.17. The fourth-order valence-corrected chi connectivity index (χ4v) is 2.60. The third kappa shape index (κ3) is 3.01. The van der Waals surface area contributed by atoms with E-state index in [9.17, 15) is 4.79 Å². The molecule has 106 valence electrons. The second-order valence-corrected chi connectivity index (χ2v) is 5.64. The quantitative estimate of drug-likeness (QED) is 0.844. The van der Waals surface area contributed by atoms with Crippen LogP contribution in [0.15, 0.2) is 22.7 Å². The number of halogens is 1. The summed E-state index contributed by atoms with van der Waals surface area (Å²) in [6, 6.07) is 5.16. The second kappa shape index (κ2) is 5.66. The van der Waals surface area contributed by atoms with Gasteiger partial charge in [-0.2, -0.15) is 5.10 Å². The Balaban J connectivity index is 2.12. The van der Waals surface area contributed by atoms with E-state index in [-0.39, 0.29) is 5.91 Å². The van der Waals surface area contributed by atoms with Gasteiger partial charge in [0.1, 0.15) is 0 Å². The molecule has 0 aliphatic rings. The third-order valence-electron chi connectivity index (χ3n) is 3.27. The van der Waals surface area contributed by atoms with E-state index < -0.39 is 0 Å². The Hall–Kier alpha value is -1.82. The van der Waals surface area contributed by atoms with Crippen LogP contribution in [0.4, 0.5) is 5.69 Å². The summed E-state index contributed by atoms with van der Waals surface area (Å²) in [6.45, 7) is 4.38. The number of hydrogen-bond donors (Lipinski definition) is 2.